The molecule has 4 heteroatoms. The third-order valence-electron chi connectivity index (χ3n) is 2.69. The molecule has 2 N–H and O–H groups in total. The highest BCUT2D eigenvalue weighted by Crippen LogP contribution is 2.14. The molecule has 1 unspecified atom stereocenters. The first-order valence-corrected chi connectivity index (χ1v) is 6.28. The number of esters is 1. The summed E-state index contributed by atoms with van der Waals surface area (Å²) >= 11 is 0. The number of carbonyl (C=O) groups excluding carboxylic acids is 1. The number of rotatable bonds is 7. The second-order valence-corrected chi connectivity index (χ2v) is 4.14. The van der Waals surface area contributed by atoms with Gasteiger partial charge in [-0.15, -0.1) is 0 Å². The van der Waals surface area contributed by atoms with Crippen LogP contribution < -0.4 is 5.32 Å². The van der Waals surface area contributed by atoms with E-state index in [-0.39, 0.29) is 12.0 Å². The van der Waals surface area contributed by atoms with Crippen LogP contribution in [0.4, 0.5) is 0 Å². The Balaban J connectivity index is 2.27. The third-order valence-corrected chi connectivity index (χ3v) is 2.69. The van der Waals surface area contributed by atoms with Crippen molar-refractivity contribution in [3.63, 3.8) is 0 Å². The summed E-state index contributed by atoms with van der Waals surface area (Å²) in [7, 11) is 0. The minimum atomic E-state index is -0.506. The van der Waals surface area contributed by atoms with Gasteiger partial charge in [0.1, 0.15) is 6.04 Å². The van der Waals surface area contributed by atoms with Crippen LogP contribution in [0, 0.1) is 0 Å². The second kappa shape index (κ2) is 7.84. The number of nitrogens with one attached hydrogen (secondary N) is 1. The fourth-order valence-electron chi connectivity index (χ4n) is 1.63. The van der Waals surface area contributed by atoms with E-state index in [0.717, 1.165) is 5.56 Å². The van der Waals surface area contributed by atoms with E-state index < -0.39 is 6.10 Å². The number of hydrogen-bond donors (Lipinski definition) is 2. The Morgan fingerprint density at radius 2 is 2.06 bits per heavy atom. The average Bonchev–Trinajstić information content (AvgIpc) is 2.39. The van der Waals surface area contributed by atoms with Gasteiger partial charge in [0.15, 0.2) is 0 Å². The van der Waals surface area contributed by atoms with Gasteiger partial charge in [0.2, 0.25) is 0 Å². The molecule has 0 heterocycles. The zero-order chi connectivity index (χ0) is 13.4. The van der Waals surface area contributed by atoms with E-state index in [1.54, 1.807) is 13.8 Å². The monoisotopic (exact) mass is 251 g/mol. The number of hydrogen-bond acceptors (Lipinski definition) is 4. The van der Waals surface area contributed by atoms with Crippen molar-refractivity contribution in [2.45, 2.75) is 32.4 Å². The summed E-state index contributed by atoms with van der Waals surface area (Å²) in [6.45, 7) is 4.49. The van der Waals surface area contributed by atoms with Gasteiger partial charge in [-0.1, -0.05) is 30.3 Å². The minimum Gasteiger partial charge on any atom is -0.465 e. The lowest BCUT2D eigenvalue weighted by Crippen LogP contribution is -2.36. The molecular formula is C14H21NO3. The molecule has 0 bridgehead atoms. The van der Waals surface area contributed by atoms with Crippen molar-refractivity contribution < 1.29 is 14.6 Å². The van der Waals surface area contributed by atoms with E-state index >= 15 is 0 Å². The molecule has 0 aromatic heterocycles. The van der Waals surface area contributed by atoms with Crippen LogP contribution in [0.15, 0.2) is 30.3 Å². The molecule has 1 aromatic rings. The molecule has 18 heavy (non-hydrogen) atoms. The van der Waals surface area contributed by atoms with Crippen LogP contribution >= 0.6 is 0 Å². The number of carbonyl (C=O) groups is 1. The first-order chi connectivity index (χ1) is 8.65. The van der Waals surface area contributed by atoms with Gasteiger partial charge in [-0.3, -0.25) is 4.79 Å². The molecule has 0 saturated carbocycles. The lowest BCUT2D eigenvalue weighted by molar-refractivity contribution is -0.145. The Bertz CT molecular complexity index is 353. The first-order valence-electron chi connectivity index (χ1n) is 6.28. The summed E-state index contributed by atoms with van der Waals surface area (Å²) in [6.07, 6.45) is 0.0569. The summed E-state index contributed by atoms with van der Waals surface area (Å²) in [5.74, 6) is -0.258. The number of aliphatic hydroxyl groups excluding tert-OH is 1. The summed E-state index contributed by atoms with van der Waals surface area (Å²) < 4.78 is 4.88. The van der Waals surface area contributed by atoms with Crippen LogP contribution in [-0.2, 0) is 9.53 Å². The molecule has 2 atom stereocenters. The highest BCUT2D eigenvalue weighted by Gasteiger charge is 2.13. The van der Waals surface area contributed by atoms with Crippen molar-refractivity contribution in [1.82, 2.24) is 5.32 Å². The van der Waals surface area contributed by atoms with Gasteiger partial charge in [0.05, 0.1) is 12.7 Å². The summed E-state index contributed by atoms with van der Waals surface area (Å²) in [5, 5.41) is 13.0. The Hall–Kier alpha value is -1.39. The fraction of sp³-hybridized carbons (Fsp3) is 0.500. The van der Waals surface area contributed by atoms with Gasteiger partial charge >= 0.3 is 5.97 Å². The van der Waals surface area contributed by atoms with Crippen LogP contribution in [-0.4, -0.2) is 30.3 Å². The molecule has 1 rings (SSSR count). The van der Waals surface area contributed by atoms with E-state index in [2.05, 4.69) is 5.32 Å². The quantitative estimate of drug-likeness (QED) is 0.723. The average molecular weight is 251 g/mol. The van der Waals surface area contributed by atoms with Crippen molar-refractivity contribution in [1.29, 1.82) is 0 Å². The third kappa shape index (κ3) is 4.85. The molecule has 1 aromatic carbocycles. The maximum absolute atomic E-state index is 11.3. The fourth-order valence-corrected chi connectivity index (χ4v) is 1.63. The molecule has 0 amide bonds. The summed E-state index contributed by atoms with van der Waals surface area (Å²) in [5.41, 5.74) is 0.892. The Morgan fingerprint density at radius 1 is 1.39 bits per heavy atom. The highest BCUT2D eigenvalue weighted by atomic mass is 16.5. The molecule has 0 aliphatic carbocycles. The van der Waals surface area contributed by atoms with Crippen LogP contribution in [0.2, 0.25) is 0 Å². The van der Waals surface area contributed by atoms with E-state index in [4.69, 9.17) is 4.74 Å². The Kier molecular flexibility index (Phi) is 6.39. The van der Waals surface area contributed by atoms with Crippen LogP contribution in [0.25, 0.3) is 0 Å². The molecule has 0 aliphatic heterocycles. The lowest BCUT2D eigenvalue weighted by atomic mass is 10.1. The zero-order valence-corrected chi connectivity index (χ0v) is 10.9. The second-order valence-electron chi connectivity index (χ2n) is 4.14. The maximum Gasteiger partial charge on any atom is 0.322 e. The molecule has 100 valence electrons. The van der Waals surface area contributed by atoms with Gasteiger partial charge in [-0.2, -0.15) is 0 Å². The summed E-state index contributed by atoms with van der Waals surface area (Å²) in [6, 6.07) is 9.14. The standard InChI is InChI=1S/C14H21NO3/c1-3-18-14(17)11(2)15-10-9-13(16)12-7-5-4-6-8-12/h4-8,11,13,15-16H,3,9-10H2,1-2H3/t11?,13-/m1/s1. The minimum absolute atomic E-state index is 0.258. The van der Waals surface area contributed by atoms with Crippen molar-refractivity contribution in [2.24, 2.45) is 0 Å². The number of ether oxygens (including phenoxy) is 1. The predicted molar refractivity (Wildman–Crippen MR) is 70.1 cm³/mol. The molecular weight excluding hydrogens is 230 g/mol. The maximum atomic E-state index is 11.3. The van der Waals surface area contributed by atoms with Crippen LogP contribution in [0.3, 0.4) is 0 Å². The smallest absolute Gasteiger partial charge is 0.322 e. The molecule has 0 fully saturated rings. The Labute approximate surface area is 108 Å². The molecule has 0 spiro atoms. The van der Waals surface area contributed by atoms with Gasteiger partial charge in [-0.05, 0) is 32.4 Å². The van der Waals surface area contributed by atoms with E-state index in [0.29, 0.717) is 19.6 Å². The molecule has 4 nitrogen and oxygen atoms in total. The Morgan fingerprint density at radius 3 is 2.67 bits per heavy atom. The molecule has 0 saturated heterocycles. The van der Waals surface area contributed by atoms with E-state index in [1.807, 2.05) is 30.3 Å². The van der Waals surface area contributed by atoms with Crippen molar-refractivity contribution >= 4 is 5.97 Å². The largest absolute Gasteiger partial charge is 0.465 e. The molecule has 0 aliphatic rings. The normalized spacial score (nSPS) is 13.9. The van der Waals surface area contributed by atoms with Crippen LogP contribution in [0.5, 0.6) is 0 Å². The topological polar surface area (TPSA) is 58.6 Å². The number of benzene rings is 1. The van der Waals surface area contributed by atoms with E-state index in [9.17, 15) is 9.90 Å². The number of aliphatic hydroxyl groups is 1. The first kappa shape index (κ1) is 14.7. The van der Waals surface area contributed by atoms with Gasteiger partial charge in [0.25, 0.3) is 0 Å². The van der Waals surface area contributed by atoms with Crippen LogP contribution in [0.1, 0.15) is 31.9 Å². The van der Waals surface area contributed by atoms with E-state index in [1.165, 1.54) is 0 Å². The van der Waals surface area contributed by atoms with Gasteiger partial charge < -0.3 is 15.2 Å². The van der Waals surface area contributed by atoms with Gasteiger partial charge in [-0.25, -0.2) is 0 Å². The summed E-state index contributed by atoms with van der Waals surface area (Å²) in [4.78, 5) is 11.3. The van der Waals surface area contributed by atoms with Crippen molar-refractivity contribution in [3.05, 3.63) is 35.9 Å². The SMILES string of the molecule is CCOC(=O)C(C)NCC[C@@H](O)c1ccccc1. The molecule has 0 radical (unpaired) electrons. The van der Waals surface area contributed by atoms with Crippen molar-refractivity contribution in [3.8, 4) is 0 Å². The zero-order valence-electron chi connectivity index (χ0n) is 10.9. The lowest BCUT2D eigenvalue weighted by Gasteiger charge is -2.15. The highest BCUT2D eigenvalue weighted by molar-refractivity contribution is 5.75. The van der Waals surface area contributed by atoms with Crippen molar-refractivity contribution in [2.75, 3.05) is 13.2 Å². The predicted octanol–water partition coefficient (Wildman–Crippen LogP) is 1.65. The van der Waals surface area contributed by atoms with Gasteiger partial charge in [0, 0.05) is 0 Å².